The molecule has 0 rings (SSSR count). The van der Waals surface area contributed by atoms with Gasteiger partial charge in [-0.25, -0.2) is 0 Å². The molecule has 0 saturated carbocycles. The van der Waals surface area contributed by atoms with Crippen molar-refractivity contribution in [3.8, 4) is 0 Å². The Bertz CT molecular complexity index is 22.8. The molecule has 1 N–H and O–H groups in total. The number of carboxylic acid groups (broad SMARTS) is 1. The lowest BCUT2D eigenvalue weighted by Gasteiger charge is -1.34. The van der Waals surface area contributed by atoms with Gasteiger partial charge in [-0.1, -0.05) is 37.1 Å². The molecule has 0 aliphatic rings. The van der Waals surface area contributed by atoms with Crippen LogP contribution < -0.4 is 0 Å². The lowest BCUT2D eigenvalue weighted by molar-refractivity contribution is -0.122. The fraction of sp³-hybridized carbons (Fsp3) is 0.714. The Kier molecular flexibility index (Phi) is 280000. The Morgan fingerprint density at radius 3 is 0.900 bits per heavy atom. The van der Waals surface area contributed by atoms with Gasteiger partial charge in [0.25, 0.3) is 6.47 Å². The Morgan fingerprint density at radius 1 is 0.900 bits per heavy atom. The van der Waals surface area contributed by atoms with Crippen LogP contribution in [0.15, 0.2) is 0 Å². The third-order valence-electron chi connectivity index (χ3n) is 0. The van der Waals surface area contributed by atoms with Crippen LogP contribution in [0.5, 0.6) is 0 Å². The monoisotopic (exact) mass is 156 g/mol. The molecule has 0 spiro atoms. The van der Waals surface area contributed by atoms with Gasteiger partial charge in [0, 0.05) is 0 Å². The highest BCUT2D eigenvalue weighted by Crippen LogP contribution is 0.966. The SMILES string of the molecule is C.C.C.C.C.C=O.O=CO. The fourth-order valence-electron chi connectivity index (χ4n) is 0. The quantitative estimate of drug-likeness (QED) is 0.548. The highest BCUT2D eigenvalue weighted by Gasteiger charge is 1.22. The van der Waals surface area contributed by atoms with Gasteiger partial charge in [0.15, 0.2) is 0 Å². The Labute approximate surface area is 66.1 Å². The topological polar surface area (TPSA) is 54.4 Å². The molecule has 0 bridgehead atoms. The minimum absolute atomic E-state index is 0. The van der Waals surface area contributed by atoms with Crippen molar-refractivity contribution in [1.29, 1.82) is 0 Å². The van der Waals surface area contributed by atoms with Gasteiger partial charge in [0.2, 0.25) is 0 Å². The van der Waals surface area contributed by atoms with Crippen LogP contribution in [-0.2, 0) is 9.59 Å². The molecular weight excluding hydrogens is 132 g/mol. The van der Waals surface area contributed by atoms with Gasteiger partial charge in [0.05, 0.1) is 0 Å². The molecule has 0 aliphatic carbocycles. The first-order chi connectivity index (χ1) is 2.41. The van der Waals surface area contributed by atoms with E-state index in [1.165, 1.54) is 0 Å². The van der Waals surface area contributed by atoms with E-state index in [4.69, 9.17) is 14.7 Å². The molecule has 10 heavy (non-hydrogen) atoms. The zero-order chi connectivity index (χ0) is 4.71. The molecule has 0 unspecified atom stereocenters. The van der Waals surface area contributed by atoms with E-state index < -0.39 is 0 Å². The van der Waals surface area contributed by atoms with Crippen LogP contribution in [0.4, 0.5) is 0 Å². The number of carbonyl (C=O) groups is 2. The van der Waals surface area contributed by atoms with Crippen LogP contribution in [0, 0.1) is 0 Å². The summed E-state index contributed by atoms with van der Waals surface area (Å²) in [4.78, 5) is 16.4. The molecule has 3 heteroatoms. The van der Waals surface area contributed by atoms with Gasteiger partial charge >= 0.3 is 0 Å². The van der Waals surface area contributed by atoms with Gasteiger partial charge in [-0.15, -0.1) is 0 Å². The normalized spacial score (nSPS) is 1.60. The highest BCUT2D eigenvalue weighted by atomic mass is 16.3. The number of hydrogen-bond acceptors (Lipinski definition) is 2. The van der Waals surface area contributed by atoms with Crippen molar-refractivity contribution < 1.29 is 14.7 Å². The molecule has 0 heterocycles. The molecule has 0 radical (unpaired) electrons. The van der Waals surface area contributed by atoms with E-state index in [9.17, 15) is 0 Å². The summed E-state index contributed by atoms with van der Waals surface area (Å²) in [6, 6.07) is 0. The van der Waals surface area contributed by atoms with Gasteiger partial charge < -0.3 is 9.90 Å². The van der Waals surface area contributed by atoms with Crippen molar-refractivity contribution in [3.05, 3.63) is 0 Å². The molecule has 0 aromatic carbocycles. The third kappa shape index (κ3) is 364. The van der Waals surface area contributed by atoms with Crippen LogP contribution in [0.1, 0.15) is 37.1 Å². The molecule has 0 fully saturated rings. The van der Waals surface area contributed by atoms with Crippen molar-refractivity contribution in [2.75, 3.05) is 0 Å². The first-order valence-corrected chi connectivity index (χ1v) is 0.783. The Hall–Kier alpha value is -0.860. The lowest BCUT2D eigenvalue weighted by atomic mass is 11.7. The van der Waals surface area contributed by atoms with E-state index in [0.717, 1.165) is 0 Å². The summed E-state index contributed by atoms with van der Waals surface area (Å²) in [5.41, 5.74) is 0. The third-order valence-corrected chi connectivity index (χ3v) is 0. The smallest absolute Gasteiger partial charge is 0.290 e. The maximum Gasteiger partial charge on any atom is 0.290 e. The molecule has 0 aromatic heterocycles. The van der Waals surface area contributed by atoms with E-state index in [-0.39, 0.29) is 43.6 Å². The second-order valence-corrected chi connectivity index (χ2v) is 0.105. The van der Waals surface area contributed by atoms with Crippen molar-refractivity contribution in [3.63, 3.8) is 0 Å². The molecule has 0 atom stereocenters. The highest BCUT2D eigenvalue weighted by molar-refractivity contribution is 5.32. The van der Waals surface area contributed by atoms with Crippen LogP contribution in [0.25, 0.3) is 0 Å². The molecule has 3 nitrogen and oxygen atoms in total. The van der Waals surface area contributed by atoms with Gasteiger partial charge in [-0.05, 0) is 0 Å². The minimum atomic E-state index is -0.250. The summed E-state index contributed by atoms with van der Waals surface area (Å²) in [6.45, 7) is 1.75. The summed E-state index contributed by atoms with van der Waals surface area (Å²) < 4.78 is 0. The number of rotatable bonds is 0. The Balaban J connectivity index is -0.00000000246. The second-order valence-electron chi connectivity index (χ2n) is 0.105. The molecule has 0 amide bonds. The second kappa shape index (κ2) is 21200. The van der Waals surface area contributed by atoms with Gasteiger partial charge in [-0.2, -0.15) is 0 Å². The zero-order valence-corrected chi connectivity index (χ0v) is 2.55. The van der Waals surface area contributed by atoms with E-state index in [0.29, 0.717) is 0 Å². The summed E-state index contributed by atoms with van der Waals surface area (Å²) >= 11 is 0. The molecule has 0 saturated heterocycles. The predicted molar refractivity (Wildman–Crippen MR) is 49.5 cm³/mol. The average molecular weight is 156 g/mol. The molecule has 0 aliphatic heterocycles. The van der Waals surface area contributed by atoms with E-state index in [1.807, 2.05) is 6.79 Å². The van der Waals surface area contributed by atoms with Crippen molar-refractivity contribution >= 4 is 13.3 Å². The molecule has 70 valence electrons. The van der Waals surface area contributed by atoms with Gasteiger partial charge in [0.1, 0.15) is 6.79 Å². The number of hydrogen-bond donors (Lipinski definition) is 1. The average Bonchev–Trinajstić information content (AvgIpc) is 1.46. The van der Waals surface area contributed by atoms with Crippen molar-refractivity contribution in [2.24, 2.45) is 0 Å². The summed E-state index contributed by atoms with van der Waals surface area (Å²) in [7, 11) is 0. The zero-order valence-electron chi connectivity index (χ0n) is 2.55. The first-order valence-electron chi connectivity index (χ1n) is 0.783. The predicted octanol–water partition coefficient (Wildman–Crippen LogP) is 2.70. The first kappa shape index (κ1) is 132. The Morgan fingerprint density at radius 2 is 0.900 bits per heavy atom. The van der Waals surface area contributed by atoms with Crippen molar-refractivity contribution in [2.45, 2.75) is 37.1 Å². The van der Waals surface area contributed by atoms with E-state index in [2.05, 4.69) is 0 Å². The van der Waals surface area contributed by atoms with Crippen molar-refractivity contribution in [1.82, 2.24) is 0 Å². The number of carbonyl (C=O) groups excluding carboxylic acids is 1. The van der Waals surface area contributed by atoms with Crippen LogP contribution in [0.2, 0.25) is 0 Å². The standard InChI is InChI=1S/CH2O2.CH2O.5CH4/c2-1-3;1-2;;;;;/h1H,(H,2,3);1H2;5*1H4. The maximum absolute atomic E-state index is 8.36. The largest absolute Gasteiger partial charge is 0.483 e. The summed E-state index contributed by atoms with van der Waals surface area (Å²) in [5.74, 6) is 0. The van der Waals surface area contributed by atoms with E-state index >= 15 is 0 Å². The van der Waals surface area contributed by atoms with Crippen LogP contribution in [0.3, 0.4) is 0 Å². The molecule has 0 aromatic rings. The van der Waals surface area contributed by atoms with Crippen LogP contribution >= 0.6 is 0 Å². The molecular formula is C7H24O3. The van der Waals surface area contributed by atoms with Gasteiger partial charge in [-0.3, -0.25) is 4.79 Å². The van der Waals surface area contributed by atoms with Crippen LogP contribution in [-0.4, -0.2) is 18.4 Å². The lowest BCUT2D eigenvalue weighted by Crippen LogP contribution is -1.49. The maximum atomic E-state index is 8.36. The summed E-state index contributed by atoms with van der Waals surface area (Å²) in [6.07, 6.45) is 0. The summed E-state index contributed by atoms with van der Waals surface area (Å²) in [5, 5.41) is 6.89. The van der Waals surface area contributed by atoms with E-state index in [1.54, 1.807) is 0 Å². The minimum Gasteiger partial charge on any atom is -0.483 e. The fourth-order valence-corrected chi connectivity index (χ4v) is 0.